The number of ether oxygens (including phenoxy) is 2. The van der Waals surface area contributed by atoms with Crippen molar-refractivity contribution in [3.8, 4) is 11.5 Å². The molecular formula is C17H19N3O4S. The molecule has 0 unspecified atom stereocenters. The first-order chi connectivity index (χ1) is 13.1. The normalized spacial score (nSPS) is 13.4. The molecular weight excluding hydrogens is 342 g/mol. The third-order valence-electron chi connectivity index (χ3n) is 3.79. The Labute approximate surface area is 150 Å². The third-order valence-corrected chi connectivity index (χ3v) is 5.23. The third kappa shape index (κ3) is 3.17. The zero-order chi connectivity index (χ0) is 20.8. The summed E-state index contributed by atoms with van der Waals surface area (Å²) in [6, 6.07) is -0.859. The molecule has 0 saturated carbocycles. The molecule has 0 bridgehead atoms. The Kier molecular flexibility index (Phi) is 3.47. The molecule has 1 N–H and O–H groups in total. The van der Waals surface area contributed by atoms with Gasteiger partial charge in [0.05, 0.1) is 35.1 Å². The number of hydrogen-bond acceptors (Lipinski definition) is 6. The molecule has 0 aliphatic carbocycles. The van der Waals surface area contributed by atoms with Gasteiger partial charge in [-0.25, -0.2) is 13.4 Å². The van der Waals surface area contributed by atoms with Crippen LogP contribution >= 0.6 is 0 Å². The van der Waals surface area contributed by atoms with Gasteiger partial charge in [0.25, 0.3) is 0 Å². The Morgan fingerprint density at radius 3 is 2.68 bits per heavy atom. The Morgan fingerprint density at radius 2 is 2.00 bits per heavy atom. The van der Waals surface area contributed by atoms with Gasteiger partial charge in [0.2, 0.25) is 15.0 Å². The second-order valence-corrected chi connectivity index (χ2v) is 7.38. The van der Waals surface area contributed by atoms with Crippen molar-refractivity contribution in [2.45, 2.75) is 24.8 Å². The fourth-order valence-electron chi connectivity index (χ4n) is 2.51. The number of H-pyrrole nitrogens is 1. The molecule has 0 fully saturated rings. The van der Waals surface area contributed by atoms with Crippen LogP contribution in [-0.2, 0) is 15.6 Å². The quantitative estimate of drug-likeness (QED) is 0.748. The number of benzene rings is 1. The summed E-state index contributed by atoms with van der Waals surface area (Å²) in [5.74, 6) is 0.0158. The van der Waals surface area contributed by atoms with Crippen LogP contribution in [0.1, 0.15) is 20.9 Å². The number of methoxy groups -OCH3 is 2. The van der Waals surface area contributed by atoms with Crippen LogP contribution in [0.15, 0.2) is 29.5 Å². The molecule has 0 radical (unpaired) electrons. The number of sulfone groups is 1. The van der Waals surface area contributed by atoms with Gasteiger partial charge in [-0.3, -0.25) is 4.98 Å². The molecule has 3 rings (SSSR count). The SMILES string of the molecule is [2H]c1c(OC)c([2H])c2[nH]c(S(=O)(=O)Cc3ncc(C)c(OC)c3C)nc2c1[2H]. The molecule has 7 nitrogen and oxygen atoms in total. The number of aromatic nitrogens is 3. The number of hydrogen-bond donors (Lipinski definition) is 1. The predicted octanol–water partition coefficient (Wildman–Crippen LogP) is 2.57. The first kappa shape index (κ1) is 13.7. The summed E-state index contributed by atoms with van der Waals surface area (Å²) in [6.07, 6.45) is 1.54. The lowest BCUT2D eigenvalue weighted by molar-refractivity contribution is 0.407. The molecule has 2 heterocycles. The van der Waals surface area contributed by atoms with Gasteiger partial charge in [-0.2, -0.15) is 0 Å². The summed E-state index contributed by atoms with van der Waals surface area (Å²) in [6.45, 7) is 3.54. The molecule has 0 saturated heterocycles. The zero-order valence-electron chi connectivity index (χ0n) is 17.2. The molecule has 0 amide bonds. The lowest BCUT2D eigenvalue weighted by atomic mass is 10.1. The van der Waals surface area contributed by atoms with Crippen LogP contribution in [0.3, 0.4) is 0 Å². The van der Waals surface area contributed by atoms with Crippen molar-refractivity contribution in [3.05, 3.63) is 41.1 Å². The lowest BCUT2D eigenvalue weighted by Crippen LogP contribution is -2.10. The lowest BCUT2D eigenvalue weighted by Gasteiger charge is -2.11. The number of fused-ring (bicyclic) bond motifs is 1. The molecule has 0 atom stereocenters. The average Bonchev–Trinajstić information content (AvgIpc) is 3.10. The summed E-state index contributed by atoms with van der Waals surface area (Å²) in [7, 11) is -1.17. The van der Waals surface area contributed by atoms with Gasteiger partial charge in [0.1, 0.15) is 17.3 Å². The highest BCUT2D eigenvalue weighted by Crippen LogP contribution is 2.27. The Hall–Kier alpha value is -2.61. The van der Waals surface area contributed by atoms with E-state index in [0.29, 0.717) is 17.0 Å². The Bertz CT molecular complexity index is 1190. The Balaban J connectivity index is 2.12. The summed E-state index contributed by atoms with van der Waals surface area (Å²) in [5.41, 5.74) is 1.68. The van der Waals surface area contributed by atoms with Gasteiger partial charge in [-0.05, 0) is 25.9 Å². The maximum Gasteiger partial charge on any atom is 0.226 e. The van der Waals surface area contributed by atoms with Crippen LogP contribution in [0.4, 0.5) is 0 Å². The van der Waals surface area contributed by atoms with E-state index in [2.05, 4.69) is 15.0 Å². The number of nitrogens with zero attached hydrogens (tertiary/aromatic N) is 2. The van der Waals surface area contributed by atoms with E-state index in [1.807, 2.05) is 6.92 Å². The zero-order valence-corrected chi connectivity index (χ0v) is 15.0. The van der Waals surface area contributed by atoms with Gasteiger partial charge < -0.3 is 14.5 Å². The number of aryl methyl sites for hydroxylation is 1. The van der Waals surface area contributed by atoms with Crippen molar-refractivity contribution in [1.82, 2.24) is 15.0 Å². The van der Waals surface area contributed by atoms with E-state index in [1.165, 1.54) is 20.4 Å². The standard InChI is InChI=1S/C17H19N3O4S/c1-10-8-18-15(11(2)16(10)24-4)9-25(21,22)17-19-13-6-5-12(23-3)7-14(13)20-17/h5-8H,9H2,1-4H3,(H,19,20)/i5D,6D,7D. The van der Waals surface area contributed by atoms with E-state index in [1.54, 1.807) is 6.92 Å². The van der Waals surface area contributed by atoms with Gasteiger partial charge in [-0.15, -0.1) is 0 Å². The highest BCUT2D eigenvalue weighted by molar-refractivity contribution is 7.90. The number of imidazole rings is 1. The Morgan fingerprint density at radius 1 is 1.24 bits per heavy atom. The summed E-state index contributed by atoms with van der Waals surface area (Å²) in [5, 5.41) is -0.391. The van der Waals surface area contributed by atoms with E-state index in [0.717, 1.165) is 5.56 Å². The first-order valence-electron chi connectivity index (χ1n) is 8.87. The van der Waals surface area contributed by atoms with Crippen molar-refractivity contribution in [3.63, 3.8) is 0 Å². The van der Waals surface area contributed by atoms with Crippen LogP contribution in [-0.4, -0.2) is 37.6 Å². The van der Waals surface area contributed by atoms with Crippen molar-refractivity contribution < 1.29 is 22.0 Å². The summed E-state index contributed by atoms with van der Waals surface area (Å²) >= 11 is 0. The number of aromatic amines is 1. The fourth-order valence-corrected chi connectivity index (χ4v) is 3.78. The monoisotopic (exact) mass is 364 g/mol. The second-order valence-electron chi connectivity index (χ2n) is 5.48. The van der Waals surface area contributed by atoms with Gasteiger partial charge in [0.15, 0.2) is 0 Å². The minimum absolute atomic E-state index is 0.0302. The molecule has 1 aromatic carbocycles. The number of pyridine rings is 1. The van der Waals surface area contributed by atoms with Crippen LogP contribution in [0, 0.1) is 13.8 Å². The van der Waals surface area contributed by atoms with Gasteiger partial charge >= 0.3 is 0 Å². The van der Waals surface area contributed by atoms with Crippen molar-refractivity contribution in [1.29, 1.82) is 0 Å². The molecule has 8 heteroatoms. The van der Waals surface area contributed by atoms with Crippen molar-refractivity contribution in [2.75, 3.05) is 14.2 Å². The highest BCUT2D eigenvalue weighted by Gasteiger charge is 2.23. The molecule has 0 spiro atoms. The number of nitrogens with one attached hydrogen (secondary N) is 1. The largest absolute Gasteiger partial charge is 0.497 e. The van der Waals surface area contributed by atoms with E-state index in [4.69, 9.17) is 13.6 Å². The maximum absolute atomic E-state index is 12.9. The smallest absolute Gasteiger partial charge is 0.226 e. The first-order valence-corrected chi connectivity index (χ1v) is 9.02. The van der Waals surface area contributed by atoms with Gasteiger partial charge in [0, 0.05) is 23.4 Å². The van der Waals surface area contributed by atoms with Crippen molar-refractivity contribution >= 4 is 20.9 Å². The van der Waals surface area contributed by atoms with E-state index >= 15 is 0 Å². The molecule has 0 aliphatic heterocycles. The van der Waals surface area contributed by atoms with Crippen molar-refractivity contribution in [2.24, 2.45) is 0 Å². The second kappa shape index (κ2) is 6.36. The van der Waals surface area contributed by atoms with Gasteiger partial charge in [-0.1, -0.05) is 0 Å². The molecule has 3 aromatic rings. The summed E-state index contributed by atoms with van der Waals surface area (Å²) in [4.78, 5) is 10.8. The predicted molar refractivity (Wildman–Crippen MR) is 93.8 cm³/mol. The average molecular weight is 364 g/mol. The molecule has 0 aliphatic rings. The maximum atomic E-state index is 12.9. The van der Waals surface area contributed by atoms with Crippen LogP contribution in [0.2, 0.25) is 0 Å². The minimum Gasteiger partial charge on any atom is -0.497 e. The van der Waals surface area contributed by atoms with Crippen LogP contribution < -0.4 is 9.47 Å². The summed E-state index contributed by atoms with van der Waals surface area (Å²) < 4.78 is 60.1. The molecule has 25 heavy (non-hydrogen) atoms. The fraction of sp³-hybridized carbons (Fsp3) is 0.294. The molecule has 132 valence electrons. The van der Waals surface area contributed by atoms with Crippen LogP contribution in [0.5, 0.6) is 11.5 Å². The van der Waals surface area contributed by atoms with E-state index < -0.39 is 20.7 Å². The van der Waals surface area contributed by atoms with E-state index in [-0.39, 0.29) is 34.9 Å². The van der Waals surface area contributed by atoms with Crippen LogP contribution in [0.25, 0.3) is 11.0 Å². The minimum atomic E-state index is -3.95. The van der Waals surface area contributed by atoms with E-state index in [9.17, 15) is 8.42 Å². The molecule has 2 aromatic heterocycles. The topological polar surface area (TPSA) is 94.2 Å². The highest BCUT2D eigenvalue weighted by atomic mass is 32.2. The number of rotatable bonds is 5.